The van der Waals surface area contributed by atoms with E-state index in [1.165, 1.54) is 18.5 Å². The minimum atomic E-state index is -3.58. The molecule has 0 aliphatic rings. The summed E-state index contributed by atoms with van der Waals surface area (Å²) in [6.07, 6.45) is 2.83. The Morgan fingerprint density at radius 1 is 1.50 bits per heavy atom. The third kappa shape index (κ3) is 2.98. The number of aromatic nitrogens is 2. The van der Waals surface area contributed by atoms with Crippen LogP contribution in [0.2, 0.25) is 0 Å². The first-order chi connectivity index (χ1) is 8.46. The van der Waals surface area contributed by atoms with Gasteiger partial charge in [0.05, 0.1) is 17.6 Å². The molecule has 0 atom stereocenters. The molecule has 0 radical (unpaired) electrons. The van der Waals surface area contributed by atoms with Gasteiger partial charge in [0, 0.05) is 12.3 Å². The Balaban J connectivity index is 2.15. The fourth-order valence-electron chi connectivity index (χ4n) is 1.38. The Kier molecular flexibility index (Phi) is 3.19. The fourth-order valence-corrected chi connectivity index (χ4v) is 2.50. The number of hydrogen-bond donors (Lipinski definition) is 2. The molecular weight excluding hydrogens is 256 g/mol. The summed E-state index contributed by atoms with van der Waals surface area (Å²) in [6, 6.07) is 3.05. The van der Waals surface area contributed by atoms with Gasteiger partial charge in [0.15, 0.2) is 0 Å². The Bertz CT molecular complexity index is 651. The zero-order valence-corrected chi connectivity index (χ0v) is 10.4. The molecule has 0 aromatic carbocycles. The van der Waals surface area contributed by atoms with Crippen molar-refractivity contribution in [1.82, 2.24) is 10.1 Å². The Morgan fingerprint density at radius 2 is 2.28 bits per heavy atom. The SMILES string of the molecule is Cc1cc(CS(=O)(=O)Nc2ccncc2N)no1. The van der Waals surface area contributed by atoms with Crippen LogP contribution in [-0.4, -0.2) is 18.6 Å². The lowest BCUT2D eigenvalue weighted by Crippen LogP contribution is -2.16. The molecule has 0 saturated carbocycles. The minimum absolute atomic E-state index is 0.261. The van der Waals surface area contributed by atoms with Gasteiger partial charge in [-0.3, -0.25) is 9.71 Å². The molecule has 8 heteroatoms. The number of sulfonamides is 1. The first-order valence-electron chi connectivity index (χ1n) is 5.08. The number of rotatable bonds is 4. The van der Waals surface area contributed by atoms with Crippen LogP contribution in [0.15, 0.2) is 29.0 Å². The van der Waals surface area contributed by atoms with Crippen molar-refractivity contribution in [3.05, 3.63) is 36.0 Å². The molecule has 0 aliphatic heterocycles. The maximum absolute atomic E-state index is 11.9. The molecule has 0 unspecified atom stereocenters. The molecule has 0 saturated heterocycles. The third-order valence-electron chi connectivity index (χ3n) is 2.13. The lowest BCUT2D eigenvalue weighted by Gasteiger charge is -2.08. The van der Waals surface area contributed by atoms with Gasteiger partial charge in [0.25, 0.3) is 0 Å². The van der Waals surface area contributed by atoms with Crippen molar-refractivity contribution in [1.29, 1.82) is 0 Å². The van der Waals surface area contributed by atoms with Crippen LogP contribution in [-0.2, 0) is 15.8 Å². The number of pyridine rings is 1. The molecular formula is C10H12N4O3S. The van der Waals surface area contributed by atoms with Crippen LogP contribution in [0.1, 0.15) is 11.5 Å². The van der Waals surface area contributed by atoms with Gasteiger partial charge in [-0.25, -0.2) is 8.42 Å². The molecule has 2 aromatic rings. The van der Waals surface area contributed by atoms with E-state index in [1.807, 2.05) is 0 Å². The average molecular weight is 268 g/mol. The van der Waals surface area contributed by atoms with Crippen molar-refractivity contribution >= 4 is 21.4 Å². The molecule has 0 bridgehead atoms. The van der Waals surface area contributed by atoms with Gasteiger partial charge in [0.2, 0.25) is 10.0 Å². The van der Waals surface area contributed by atoms with Crippen molar-refractivity contribution in [2.75, 3.05) is 10.5 Å². The Morgan fingerprint density at radius 3 is 2.89 bits per heavy atom. The van der Waals surface area contributed by atoms with Crippen LogP contribution < -0.4 is 10.5 Å². The summed E-state index contributed by atoms with van der Waals surface area (Å²) in [5.41, 5.74) is 6.50. The highest BCUT2D eigenvalue weighted by molar-refractivity contribution is 7.91. The van der Waals surface area contributed by atoms with Crippen molar-refractivity contribution in [3.63, 3.8) is 0 Å². The number of aryl methyl sites for hydroxylation is 1. The second kappa shape index (κ2) is 4.65. The smallest absolute Gasteiger partial charge is 0.238 e. The van der Waals surface area contributed by atoms with Crippen LogP contribution in [0.5, 0.6) is 0 Å². The average Bonchev–Trinajstić information content (AvgIpc) is 2.66. The summed E-state index contributed by atoms with van der Waals surface area (Å²) in [6.45, 7) is 1.69. The predicted molar refractivity (Wildman–Crippen MR) is 66.1 cm³/mol. The van der Waals surface area contributed by atoms with Crippen LogP contribution in [0.4, 0.5) is 11.4 Å². The van der Waals surface area contributed by atoms with Crippen LogP contribution >= 0.6 is 0 Å². The van der Waals surface area contributed by atoms with Crippen molar-refractivity contribution < 1.29 is 12.9 Å². The third-order valence-corrected chi connectivity index (χ3v) is 3.34. The quantitative estimate of drug-likeness (QED) is 0.852. The van der Waals surface area contributed by atoms with Gasteiger partial charge < -0.3 is 10.3 Å². The summed E-state index contributed by atoms with van der Waals surface area (Å²) in [7, 11) is -3.58. The largest absolute Gasteiger partial charge is 0.396 e. The molecule has 18 heavy (non-hydrogen) atoms. The van der Waals surface area contributed by atoms with E-state index in [9.17, 15) is 8.42 Å². The zero-order chi connectivity index (χ0) is 13.2. The van der Waals surface area contributed by atoms with E-state index in [0.717, 1.165) is 0 Å². The Labute approximate surface area is 104 Å². The molecule has 0 fully saturated rings. The molecule has 7 nitrogen and oxygen atoms in total. The van der Waals surface area contributed by atoms with Gasteiger partial charge in [-0.05, 0) is 13.0 Å². The lowest BCUT2D eigenvalue weighted by atomic mass is 10.4. The number of nitrogen functional groups attached to an aromatic ring is 1. The highest BCUT2D eigenvalue weighted by Gasteiger charge is 2.15. The van der Waals surface area contributed by atoms with Crippen molar-refractivity contribution in [2.24, 2.45) is 0 Å². The van der Waals surface area contributed by atoms with E-state index in [1.54, 1.807) is 13.0 Å². The molecule has 2 heterocycles. The maximum atomic E-state index is 11.9. The first kappa shape index (κ1) is 12.4. The summed E-state index contributed by atoms with van der Waals surface area (Å²) in [5.74, 6) is 0.287. The summed E-state index contributed by atoms with van der Waals surface area (Å²) < 4.78 is 30.9. The minimum Gasteiger partial charge on any atom is -0.396 e. The number of anilines is 2. The molecule has 2 aromatic heterocycles. The van der Waals surface area contributed by atoms with Gasteiger partial charge in [0.1, 0.15) is 17.2 Å². The number of nitrogens with one attached hydrogen (secondary N) is 1. The van der Waals surface area contributed by atoms with Gasteiger partial charge in [-0.15, -0.1) is 0 Å². The monoisotopic (exact) mass is 268 g/mol. The van der Waals surface area contributed by atoms with E-state index in [-0.39, 0.29) is 11.4 Å². The number of hydrogen-bond acceptors (Lipinski definition) is 6. The highest BCUT2D eigenvalue weighted by Crippen LogP contribution is 2.18. The molecule has 96 valence electrons. The molecule has 0 amide bonds. The van der Waals surface area contributed by atoms with Crippen molar-refractivity contribution in [2.45, 2.75) is 12.7 Å². The normalized spacial score (nSPS) is 11.4. The Hall–Kier alpha value is -2.09. The first-order valence-corrected chi connectivity index (χ1v) is 6.74. The highest BCUT2D eigenvalue weighted by atomic mass is 32.2. The van der Waals surface area contributed by atoms with Crippen LogP contribution in [0.3, 0.4) is 0 Å². The van der Waals surface area contributed by atoms with E-state index in [0.29, 0.717) is 17.1 Å². The van der Waals surface area contributed by atoms with Gasteiger partial charge in [-0.1, -0.05) is 5.16 Å². The van der Waals surface area contributed by atoms with Crippen LogP contribution in [0.25, 0.3) is 0 Å². The zero-order valence-electron chi connectivity index (χ0n) is 9.62. The van der Waals surface area contributed by atoms with Gasteiger partial charge in [-0.2, -0.15) is 0 Å². The van der Waals surface area contributed by atoms with E-state index in [2.05, 4.69) is 14.9 Å². The van der Waals surface area contributed by atoms with E-state index < -0.39 is 10.0 Å². The lowest BCUT2D eigenvalue weighted by molar-refractivity contribution is 0.392. The molecule has 0 aliphatic carbocycles. The standard InChI is InChI=1S/C10H12N4O3S/c1-7-4-8(13-17-7)6-18(15,16)14-10-2-3-12-5-9(10)11/h2-5H,6,11H2,1H3,(H,12,14). The summed E-state index contributed by atoms with van der Waals surface area (Å²) >= 11 is 0. The number of nitrogens with two attached hydrogens (primary N) is 1. The fraction of sp³-hybridized carbons (Fsp3) is 0.200. The number of nitrogens with zero attached hydrogens (tertiary/aromatic N) is 2. The molecule has 3 N–H and O–H groups in total. The van der Waals surface area contributed by atoms with E-state index >= 15 is 0 Å². The second-order valence-electron chi connectivity index (χ2n) is 3.75. The van der Waals surface area contributed by atoms with Crippen molar-refractivity contribution in [3.8, 4) is 0 Å². The second-order valence-corrected chi connectivity index (χ2v) is 5.48. The summed E-state index contributed by atoms with van der Waals surface area (Å²) in [4.78, 5) is 3.78. The maximum Gasteiger partial charge on any atom is 0.238 e. The van der Waals surface area contributed by atoms with Crippen LogP contribution in [0, 0.1) is 6.92 Å². The molecule has 2 rings (SSSR count). The predicted octanol–water partition coefficient (Wildman–Crippen LogP) is 0.902. The molecule has 0 spiro atoms. The summed E-state index contributed by atoms with van der Waals surface area (Å²) in [5, 5.41) is 3.63. The van der Waals surface area contributed by atoms with Gasteiger partial charge >= 0.3 is 0 Å². The topological polar surface area (TPSA) is 111 Å². The van der Waals surface area contributed by atoms with E-state index in [4.69, 9.17) is 10.3 Å².